The summed E-state index contributed by atoms with van der Waals surface area (Å²) >= 11 is 1.06. The van der Waals surface area contributed by atoms with Gasteiger partial charge in [0.25, 0.3) is 5.78 Å². The Morgan fingerprint density at radius 1 is 1.09 bits per heavy atom. The van der Waals surface area contributed by atoms with Crippen molar-refractivity contribution in [1.29, 1.82) is 0 Å². The van der Waals surface area contributed by atoms with E-state index in [0.717, 1.165) is 22.5 Å². The van der Waals surface area contributed by atoms with E-state index in [1.54, 1.807) is 44.4 Å². The van der Waals surface area contributed by atoms with Crippen molar-refractivity contribution in [3.63, 3.8) is 0 Å². The smallest absolute Gasteiger partial charge is 0.301 e. The van der Waals surface area contributed by atoms with Gasteiger partial charge in [-0.1, -0.05) is 41.2 Å². The van der Waals surface area contributed by atoms with Crippen molar-refractivity contribution < 1.29 is 24.2 Å². The molecular weight excluding hydrogens is 452 g/mol. The van der Waals surface area contributed by atoms with Crippen LogP contribution in [0.4, 0.5) is 5.13 Å². The lowest BCUT2D eigenvalue weighted by Crippen LogP contribution is -2.29. The maximum atomic E-state index is 13.3. The van der Waals surface area contributed by atoms with Crippen molar-refractivity contribution in [2.24, 2.45) is 0 Å². The van der Waals surface area contributed by atoms with Crippen LogP contribution >= 0.6 is 11.3 Å². The molecule has 174 valence electrons. The number of carbonyl (C=O) groups is 3. The highest BCUT2D eigenvalue weighted by Gasteiger charge is 2.48. The van der Waals surface area contributed by atoms with Crippen LogP contribution in [-0.4, -0.2) is 34.7 Å². The molecule has 3 aromatic rings. The Morgan fingerprint density at radius 2 is 1.76 bits per heavy atom. The van der Waals surface area contributed by atoms with Crippen molar-refractivity contribution >= 4 is 39.7 Å². The van der Waals surface area contributed by atoms with Crippen LogP contribution in [0.25, 0.3) is 5.76 Å². The molecule has 1 aliphatic rings. The van der Waals surface area contributed by atoms with Gasteiger partial charge in [0.05, 0.1) is 29.3 Å². The number of hydrogen-bond donors (Lipinski definition) is 1. The SMILES string of the molecule is COc1ccc(C2C(=C(O)c3cc(C)ccc3C)C(=O)C(=O)N2c2nc(C)c(C(C)=O)s2)cc1. The first-order valence-electron chi connectivity index (χ1n) is 10.6. The molecule has 0 spiro atoms. The fourth-order valence-electron chi connectivity index (χ4n) is 4.08. The van der Waals surface area contributed by atoms with Gasteiger partial charge in [-0.3, -0.25) is 19.3 Å². The molecule has 1 N–H and O–H groups in total. The number of hydrogen-bond acceptors (Lipinski definition) is 7. The fourth-order valence-corrected chi connectivity index (χ4v) is 5.07. The number of aryl methyl sites for hydroxylation is 3. The molecule has 1 aliphatic heterocycles. The Kier molecular flexibility index (Phi) is 6.10. The number of thiazole rings is 1. The third-order valence-electron chi connectivity index (χ3n) is 5.84. The molecule has 1 unspecified atom stereocenters. The van der Waals surface area contributed by atoms with Crippen LogP contribution in [0.5, 0.6) is 5.75 Å². The highest BCUT2D eigenvalue weighted by molar-refractivity contribution is 7.18. The van der Waals surface area contributed by atoms with Gasteiger partial charge in [-0.25, -0.2) is 4.98 Å². The quantitative estimate of drug-likeness (QED) is 0.243. The van der Waals surface area contributed by atoms with Gasteiger partial charge in [-0.15, -0.1) is 0 Å². The number of aliphatic hydroxyl groups excluding tert-OH is 1. The topological polar surface area (TPSA) is 96.8 Å². The van der Waals surface area contributed by atoms with Gasteiger partial charge in [0.2, 0.25) is 0 Å². The van der Waals surface area contributed by atoms with Gasteiger partial charge in [-0.2, -0.15) is 0 Å². The molecule has 4 rings (SSSR count). The van der Waals surface area contributed by atoms with Gasteiger partial charge < -0.3 is 9.84 Å². The van der Waals surface area contributed by atoms with Crippen molar-refractivity contribution in [2.75, 3.05) is 12.0 Å². The summed E-state index contributed by atoms with van der Waals surface area (Å²) in [6, 6.07) is 11.6. The number of aliphatic hydroxyl groups is 1. The third-order valence-corrected chi connectivity index (χ3v) is 7.09. The first kappa shape index (κ1) is 23.4. The summed E-state index contributed by atoms with van der Waals surface area (Å²) in [6.45, 7) is 6.83. The Balaban J connectivity index is 1.97. The molecule has 1 fully saturated rings. The minimum atomic E-state index is -0.920. The van der Waals surface area contributed by atoms with E-state index < -0.39 is 17.7 Å². The molecule has 1 amide bonds. The second kappa shape index (κ2) is 8.87. The van der Waals surface area contributed by atoms with Crippen LogP contribution < -0.4 is 9.64 Å². The van der Waals surface area contributed by atoms with E-state index in [1.165, 1.54) is 11.8 Å². The molecule has 7 nitrogen and oxygen atoms in total. The Bertz CT molecular complexity index is 1350. The highest BCUT2D eigenvalue weighted by atomic mass is 32.1. The summed E-state index contributed by atoms with van der Waals surface area (Å²) in [5.74, 6) is -1.43. The zero-order valence-electron chi connectivity index (χ0n) is 19.5. The summed E-state index contributed by atoms with van der Waals surface area (Å²) in [5.41, 5.74) is 3.22. The van der Waals surface area contributed by atoms with Gasteiger partial charge >= 0.3 is 5.91 Å². The lowest BCUT2D eigenvalue weighted by atomic mass is 9.93. The highest BCUT2D eigenvalue weighted by Crippen LogP contribution is 2.44. The van der Waals surface area contributed by atoms with E-state index in [2.05, 4.69) is 4.98 Å². The number of amides is 1. The van der Waals surface area contributed by atoms with Crippen LogP contribution in [0.15, 0.2) is 48.0 Å². The lowest BCUT2D eigenvalue weighted by molar-refractivity contribution is -0.132. The fraction of sp³-hybridized carbons (Fsp3) is 0.231. The molecule has 2 heterocycles. The number of rotatable bonds is 5. The van der Waals surface area contributed by atoms with Crippen LogP contribution in [0.3, 0.4) is 0 Å². The minimum Gasteiger partial charge on any atom is -0.507 e. The second-order valence-electron chi connectivity index (χ2n) is 8.23. The normalized spacial score (nSPS) is 17.3. The summed E-state index contributed by atoms with van der Waals surface area (Å²) in [5, 5.41) is 11.6. The molecule has 0 aliphatic carbocycles. The molecule has 0 bridgehead atoms. The van der Waals surface area contributed by atoms with E-state index in [9.17, 15) is 19.5 Å². The van der Waals surface area contributed by atoms with E-state index in [-0.39, 0.29) is 22.2 Å². The standard InChI is InChI=1S/C26H24N2O5S/c1-13-6-7-14(2)19(12-13)22(30)20-21(17-8-10-18(33-5)11-9-17)28(25(32)23(20)31)26-27-15(3)24(34-26)16(4)29/h6-12,21,30H,1-5H3. The maximum absolute atomic E-state index is 13.3. The van der Waals surface area contributed by atoms with Crippen LogP contribution in [0, 0.1) is 20.8 Å². The summed E-state index contributed by atoms with van der Waals surface area (Å²) in [7, 11) is 1.54. The molecule has 1 saturated heterocycles. The van der Waals surface area contributed by atoms with Crippen molar-refractivity contribution in [2.45, 2.75) is 33.7 Å². The van der Waals surface area contributed by atoms with Gasteiger partial charge in [0.15, 0.2) is 10.9 Å². The summed E-state index contributed by atoms with van der Waals surface area (Å²) < 4.78 is 5.25. The number of aromatic nitrogens is 1. The lowest BCUT2D eigenvalue weighted by Gasteiger charge is -2.23. The van der Waals surface area contributed by atoms with E-state index in [1.807, 2.05) is 26.0 Å². The van der Waals surface area contributed by atoms with Crippen molar-refractivity contribution in [1.82, 2.24) is 4.98 Å². The third kappa shape index (κ3) is 3.90. The number of benzene rings is 2. The second-order valence-corrected chi connectivity index (χ2v) is 9.21. The predicted molar refractivity (Wildman–Crippen MR) is 131 cm³/mol. The Hall–Kier alpha value is -3.78. The minimum absolute atomic E-state index is 0.0268. The molecule has 34 heavy (non-hydrogen) atoms. The number of nitrogens with zero attached hydrogens (tertiary/aromatic N) is 2. The number of carbonyl (C=O) groups excluding carboxylic acids is 3. The average molecular weight is 477 g/mol. The van der Waals surface area contributed by atoms with Crippen LogP contribution in [-0.2, 0) is 9.59 Å². The molecule has 0 radical (unpaired) electrons. The van der Waals surface area contributed by atoms with Crippen molar-refractivity contribution in [3.05, 3.63) is 80.9 Å². The van der Waals surface area contributed by atoms with Gasteiger partial charge in [-0.05, 0) is 50.1 Å². The summed E-state index contributed by atoms with van der Waals surface area (Å²) in [6.07, 6.45) is 0. The number of ether oxygens (including phenoxy) is 1. The molecule has 0 saturated carbocycles. The number of Topliss-reactive ketones (excluding diaryl/α,β-unsaturated/α-hetero) is 2. The van der Waals surface area contributed by atoms with Gasteiger partial charge in [0.1, 0.15) is 11.5 Å². The maximum Gasteiger partial charge on any atom is 0.301 e. The first-order chi connectivity index (χ1) is 16.1. The summed E-state index contributed by atoms with van der Waals surface area (Å²) in [4.78, 5) is 44.7. The number of methoxy groups -OCH3 is 1. The molecule has 2 aromatic carbocycles. The number of ketones is 2. The molecular formula is C26H24N2O5S. The Morgan fingerprint density at radius 3 is 2.35 bits per heavy atom. The zero-order valence-corrected chi connectivity index (χ0v) is 20.3. The van der Waals surface area contributed by atoms with Gasteiger partial charge in [0, 0.05) is 12.5 Å². The average Bonchev–Trinajstić information content (AvgIpc) is 3.32. The molecule has 1 atom stereocenters. The van der Waals surface area contributed by atoms with E-state index in [4.69, 9.17) is 4.74 Å². The monoisotopic (exact) mass is 476 g/mol. The van der Waals surface area contributed by atoms with Crippen LogP contribution in [0.1, 0.15) is 50.6 Å². The van der Waals surface area contributed by atoms with Crippen molar-refractivity contribution in [3.8, 4) is 5.75 Å². The Labute approximate surface area is 201 Å². The first-order valence-corrected chi connectivity index (χ1v) is 11.5. The molecule has 1 aromatic heterocycles. The van der Waals surface area contributed by atoms with E-state index in [0.29, 0.717) is 27.4 Å². The predicted octanol–water partition coefficient (Wildman–Crippen LogP) is 4.91. The largest absolute Gasteiger partial charge is 0.507 e. The van der Waals surface area contributed by atoms with E-state index >= 15 is 0 Å². The number of anilines is 1. The molecule has 8 heteroatoms. The zero-order chi connectivity index (χ0) is 24.7. The van der Waals surface area contributed by atoms with Crippen LogP contribution in [0.2, 0.25) is 0 Å².